The van der Waals surface area contributed by atoms with Crippen molar-refractivity contribution in [3.63, 3.8) is 0 Å². The molecule has 0 aromatic carbocycles. The van der Waals surface area contributed by atoms with Gasteiger partial charge >= 0.3 is 5.79 Å². The van der Waals surface area contributed by atoms with E-state index in [4.69, 9.17) is 10.1 Å². The summed E-state index contributed by atoms with van der Waals surface area (Å²) in [7, 11) is 5.51. The first-order valence-corrected chi connectivity index (χ1v) is 11.2. The average Bonchev–Trinajstić information content (AvgIpc) is 3.52. The summed E-state index contributed by atoms with van der Waals surface area (Å²) in [5.41, 5.74) is 1.56. The zero-order chi connectivity index (χ0) is 21.8. The van der Waals surface area contributed by atoms with Crippen molar-refractivity contribution in [1.82, 2.24) is 25.1 Å². The monoisotopic (exact) mass is 426 g/mol. The molecule has 1 aromatic rings. The molecule has 1 spiro atoms. The molecule has 166 valence electrons. The number of hydrazone groups is 1. The number of nitrogens with zero attached hydrogens (tertiary/aromatic N) is 8. The third-order valence-electron chi connectivity index (χ3n) is 7.51. The number of hydrogen-bond acceptors (Lipinski definition) is 7. The molecule has 0 bridgehead atoms. The van der Waals surface area contributed by atoms with Crippen LogP contribution in [0.5, 0.6) is 0 Å². The summed E-state index contributed by atoms with van der Waals surface area (Å²) >= 11 is 0. The maximum atomic E-state index is 12.5. The number of carbonyl (C=O) groups is 1. The molecule has 10 nitrogen and oxygen atoms in total. The average molecular weight is 427 g/mol. The van der Waals surface area contributed by atoms with Gasteiger partial charge < -0.3 is 10.2 Å². The predicted octanol–water partition coefficient (Wildman–Crippen LogP) is 0.947. The van der Waals surface area contributed by atoms with Gasteiger partial charge in [0, 0.05) is 33.3 Å². The molecule has 3 atom stereocenters. The van der Waals surface area contributed by atoms with Crippen LogP contribution in [0.2, 0.25) is 0 Å². The minimum atomic E-state index is -0.677. The van der Waals surface area contributed by atoms with Gasteiger partial charge in [0.15, 0.2) is 5.70 Å². The number of aromatic nitrogens is 2. The number of hydrogen-bond donors (Lipinski definition) is 1. The van der Waals surface area contributed by atoms with Gasteiger partial charge in [0.2, 0.25) is 6.34 Å². The van der Waals surface area contributed by atoms with E-state index in [1.807, 2.05) is 29.2 Å². The van der Waals surface area contributed by atoms with Crippen molar-refractivity contribution in [2.24, 2.45) is 16.0 Å². The van der Waals surface area contributed by atoms with Gasteiger partial charge in [-0.1, -0.05) is 12.8 Å². The topological polar surface area (TPSA) is 81.4 Å². The van der Waals surface area contributed by atoms with E-state index in [9.17, 15) is 4.79 Å². The fourth-order valence-electron chi connectivity index (χ4n) is 5.97. The van der Waals surface area contributed by atoms with E-state index in [1.54, 1.807) is 31.5 Å². The molecular formula is C21H32N9O+. The first-order valence-electron chi connectivity index (χ1n) is 11.2. The second-order valence-electron chi connectivity index (χ2n) is 9.13. The second-order valence-corrected chi connectivity index (χ2v) is 9.13. The van der Waals surface area contributed by atoms with Gasteiger partial charge in [0.25, 0.3) is 5.91 Å². The van der Waals surface area contributed by atoms with Gasteiger partial charge in [-0.25, -0.2) is 9.49 Å². The standard InChI is InChI=1S/C21H32N9O/c1-5-30-15-25-27(4)21(30)19(11-22-14-23-21)28(13-18(30)16-8-6-7-9-16)29-12-17(10-24-29)20(31)26(2)3/h10-12,14-16,18H,5-9,13H2,1-4H3,(H,22,23)/q+1/t18?,21?,30-/m0/s1. The molecule has 5 rings (SSSR count). The predicted molar refractivity (Wildman–Crippen MR) is 119 cm³/mol. The first-order chi connectivity index (χ1) is 14.9. The lowest BCUT2D eigenvalue weighted by Gasteiger charge is -2.57. The number of nitrogens with one attached hydrogen (secondary N) is 1. The van der Waals surface area contributed by atoms with Crippen LogP contribution in [0.1, 0.15) is 43.0 Å². The third-order valence-corrected chi connectivity index (χ3v) is 7.51. The van der Waals surface area contributed by atoms with Crippen molar-refractivity contribution in [2.75, 3.05) is 39.2 Å². The van der Waals surface area contributed by atoms with E-state index in [-0.39, 0.29) is 5.91 Å². The molecular weight excluding hydrogens is 394 g/mol. The number of rotatable bonds is 4. The number of piperazine rings is 1. The molecule has 1 aromatic heterocycles. The van der Waals surface area contributed by atoms with Crippen molar-refractivity contribution in [3.05, 3.63) is 29.9 Å². The van der Waals surface area contributed by atoms with Crippen molar-refractivity contribution >= 4 is 18.6 Å². The summed E-state index contributed by atoms with van der Waals surface area (Å²) in [5.74, 6) is -0.134. The number of carbonyl (C=O) groups excluding carboxylic acids is 1. The lowest BCUT2D eigenvalue weighted by molar-refractivity contribution is -0.917. The highest BCUT2D eigenvalue weighted by molar-refractivity contribution is 5.93. The lowest BCUT2D eigenvalue weighted by atomic mass is 9.88. The van der Waals surface area contributed by atoms with Gasteiger partial charge in [-0.05, 0) is 19.8 Å². The Bertz CT molecular complexity index is 960. The molecule has 2 unspecified atom stereocenters. The normalized spacial score (nSPS) is 32.0. The van der Waals surface area contributed by atoms with Crippen LogP contribution in [0.4, 0.5) is 0 Å². The fourth-order valence-corrected chi connectivity index (χ4v) is 5.97. The van der Waals surface area contributed by atoms with Crippen molar-refractivity contribution in [1.29, 1.82) is 0 Å². The highest BCUT2D eigenvalue weighted by Crippen LogP contribution is 2.49. The summed E-state index contributed by atoms with van der Waals surface area (Å²) < 4.78 is 0.694. The Labute approximate surface area is 183 Å². The summed E-state index contributed by atoms with van der Waals surface area (Å²) in [6.45, 7) is 3.93. The highest BCUT2D eigenvalue weighted by atomic mass is 16.2. The molecule has 1 saturated heterocycles. The molecule has 10 heteroatoms. The molecule has 2 fully saturated rings. The van der Waals surface area contributed by atoms with Gasteiger partial charge in [0.1, 0.15) is 6.04 Å². The quantitative estimate of drug-likeness (QED) is 0.725. The Balaban J connectivity index is 1.63. The zero-order valence-electron chi connectivity index (χ0n) is 18.8. The number of amides is 1. The molecule has 1 amide bonds. The maximum absolute atomic E-state index is 12.5. The number of aliphatic imine (C=N–C) groups is 1. The van der Waals surface area contributed by atoms with Crippen molar-refractivity contribution in [2.45, 2.75) is 44.4 Å². The van der Waals surface area contributed by atoms with E-state index in [0.29, 0.717) is 22.0 Å². The zero-order valence-corrected chi connectivity index (χ0v) is 18.8. The van der Waals surface area contributed by atoms with Crippen LogP contribution in [0.25, 0.3) is 0 Å². The van der Waals surface area contributed by atoms with Crippen LogP contribution in [-0.2, 0) is 0 Å². The van der Waals surface area contributed by atoms with Crippen LogP contribution >= 0.6 is 0 Å². The highest BCUT2D eigenvalue weighted by Gasteiger charge is 2.69. The smallest absolute Gasteiger partial charge is 0.341 e. The van der Waals surface area contributed by atoms with Gasteiger partial charge in [-0.2, -0.15) is 14.9 Å². The van der Waals surface area contributed by atoms with Gasteiger partial charge in [-0.15, -0.1) is 5.10 Å². The van der Waals surface area contributed by atoms with E-state index in [1.165, 1.54) is 25.7 Å². The molecule has 1 aliphatic carbocycles. The Morgan fingerprint density at radius 3 is 2.84 bits per heavy atom. The van der Waals surface area contributed by atoms with E-state index in [2.05, 4.69) is 28.7 Å². The first kappa shape index (κ1) is 20.0. The summed E-state index contributed by atoms with van der Waals surface area (Å²) in [4.78, 5) is 20.9. The Kier molecular flexibility index (Phi) is 4.58. The van der Waals surface area contributed by atoms with E-state index in [0.717, 1.165) is 18.8 Å². The number of likely N-dealkylation sites (N-methyl/N-ethyl adjacent to an activating group) is 2. The Morgan fingerprint density at radius 1 is 1.35 bits per heavy atom. The van der Waals surface area contributed by atoms with Crippen molar-refractivity contribution < 1.29 is 9.28 Å². The van der Waals surface area contributed by atoms with Crippen LogP contribution in [0.3, 0.4) is 0 Å². The molecule has 0 radical (unpaired) electrons. The van der Waals surface area contributed by atoms with Crippen molar-refractivity contribution in [3.8, 4) is 0 Å². The maximum Gasteiger partial charge on any atom is 0.341 e. The summed E-state index contributed by atoms with van der Waals surface area (Å²) in [6.07, 6.45) is 14.4. The van der Waals surface area contributed by atoms with Crippen LogP contribution < -0.4 is 10.3 Å². The number of quaternary nitrogens is 1. The van der Waals surface area contributed by atoms with Gasteiger partial charge in [0.05, 0.1) is 37.4 Å². The molecule has 4 heterocycles. The molecule has 31 heavy (non-hydrogen) atoms. The SMILES string of the molecule is CC[N@@+]12C=NN(C)C13N=CNC=C3N(n1cc(C(=O)N(C)C)cn1)CC2C1CCCC1. The molecule has 1 N–H and O–H groups in total. The molecule has 1 saturated carbocycles. The minimum Gasteiger partial charge on any atom is -0.351 e. The van der Waals surface area contributed by atoms with Gasteiger partial charge in [-0.3, -0.25) is 9.80 Å². The van der Waals surface area contributed by atoms with Crippen LogP contribution in [0, 0.1) is 5.92 Å². The van der Waals surface area contributed by atoms with E-state index >= 15 is 0 Å². The van der Waals surface area contributed by atoms with Crippen LogP contribution in [0.15, 0.2) is 34.4 Å². The van der Waals surface area contributed by atoms with Crippen LogP contribution in [-0.4, -0.2) is 88.9 Å². The lowest BCUT2D eigenvalue weighted by Crippen LogP contribution is -2.79. The second kappa shape index (κ2) is 7.08. The fraction of sp³-hybridized carbons (Fsp3) is 0.619. The molecule has 3 aliphatic heterocycles. The Hall–Kier alpha value is -2.88. The summed E-state index contributed by atoms with van der Waals surface area (Å²) in [6, 6.07) is 0.325. The Morgan fingerprint density at radius 2 is 2.13 bits per heavy atom. The van der Waals surface area contributed by atoms with E-state index < -0.39 is 5.79 Å². The molecule has 4 aliphatic rings. The third kappa shape index (κ3) is 2.60. The minimum absolute atomic E-state index is 0.0564. The summed E-state index contributed by atoms with van der Waals surface area (Å²) in [5, 5.41) is 16.7. The largest absolute Gasteiger partial charge is 0.351 e.